The van der Waals surface area contributed by atoms with Gasteiger partial charge < -0.3 is 9.84 Å². The summed E-state index contributed by atoms with van der Waals surface area (Å²) in [7, 11) is 0. The summed E-state index contributed by atoms with van der Waals surface area (Å²) in [6, 6.07) is 0. The largest absolute Gasteiger partial charge is 0.365 e. The highest BCUT2D eigenvalue weighted by Crippen LogP contribution is 2.38. The minimum absolute atomic E-state index is 0.139. The molecule has 1 rings (SSSR count). The van der Waals surface area contributed by atoms with Gasteiger partial charge in [-0.05, 0) is 13.3 Å². The Morgan fingerprint density at radius 1 is 1.64 bits per heavy atom. The first-order valence-electron chi connectivity index (χ1n) is 4.02. The molecule has 0 aromatic heterocycles. The lowest BCUT2D eigenvalue weighted by molar-refractivity contribution is -0.138. The summed E-state index contributed by atoms with van der Waals surface area (Å²) in [6.07, 6.45) is -0.639. The Labute approximate surface area is 66.4 Å². The van der Waals surface area contributed by atoms with E-state index in [1.54, 1.807) is 6.92 Å². The van der Waals surface area contributed by atoms with Gasteiger partial charge in [0.1, 0.15) is 0 Å². The molecular weight excluding hydrogens is 147 g/mol. The average molecular weight is 162 g/mol. The molecule has 11 heavy (non-hydrogen) atoms. The highest BCUT2D eigenvalue weighted by Gasteiger charge is 2.50. The molecule has 1 aliphatic rings. The maximum absolute atomic E-state index is 13.5. The molecule has 0 bridgehead atoms. The van der Waals surface area contributed by atoms with E-state index < -0.39 is 12.0 Å². The van der Waals surface area contributed by atoms with Crippen LogP contribution in [0, 0.1) is 5.92 Å². The van der Waals surface area contributed by atoms with E-state index in [9.17, 15) is 4.39 Å². The van der Waals surface area contributed by atoms with E-state index in [0.29, 0.717) is 0 Å². The van der Waals surface area contributed by atoms with E-state index in [2.05, 4.69) is 0 Å². The molecule has 1 saturated heterocycles. The van der Waals surface area contributed by atoms with Crippen molar-refractivity contribution in [1.29, 1.82) is 0 Å². The van der Waals surface area contributed by atoms with Gasteiger partial charge >= 0.3 is 0 Å². The minimum Gasteiger partial charge on any atom is -0.365 e. The van der Waals surface area contributed by atoms with Crippen molar-refractivity contribution in [2.45, 2.75) is 45.3 Å². The number of alkyl halides is 1. The first kappa shape index (κ1) is 8.94. The van der Waals surface area contributed by atoms with E-state index in [1.807, 2.05) is 6.92 Å². The molecule has 0 spiro atoms. The van der Waals surface area contributed by atoms with Crippen LogP contribution in [0.5, 0.6) is 0 Å². The van der Waals surface area contributed by atoms with Crippen LogP contribution in [0.4, 0.5) is 4.39 Å². The maximum atomic E-state index is 13.5. The third-order valence-corrected chi connectivity index (χ3v) is 2.64. The molecule has 0 aromatic carbocycles. The van der Waals surface area contributed by atoms with Gasteiger partial charge in [0, 0.05) is 5.92 Å². The van der Waals surface area contributed by atoms with Crippen LogP contribution < -0.4 is 0 Å². The van der Waals surface area contributed by atoms with Gasteiger partial charge in [0.2, 0.25) is 0 Å². The first-order valence-corrected chi connectivity index (χ1v) is 4.02. The number of halogens is 1. The van der Waals surface area contributed by atoms with Gasteiger partial charge in [0.25, 0.3) is 0 Å². The van der Waals surface area contributed by atoms with E-state index in [4.69, 9.17) is 9.84 Å². The van der Waals surface area contributed by atoms with Gasteiger partial charge in [-0.3, -0.25) is 0 Å². The molecular formula is C8H15FO2. The van der Waals surface area contributed by atoms with Crippen molar-refractivity contribution in [2.24, 2.45) is 5.92 Å². The first-order chi connectivity index (χ1) is 5.00. The van der Waals surface area contributed by atoms with Crippen LogP contribution in [0.1, 0.15) is 27.2 Å². The minimum atomic E-state index is -1.58. The monoisotopic (exact) mass is 162 g/mol. The lowest BCUT2D eigenvalue weighted by Crippen LogP contribution is -2.35. The van der Waals surface area contributed by atoms with Crippen LogP contribution >= 0.6 is 0 Å². The summed E-state index contributed by atoms with van der Waals surface area (Å²) in [5.41, 5.74) is -1.58. The summed E-state index contributed by atoms with van der Waals surface area (Å²) in [5, 5.41) is 9.13. The Morgan fingerprint density at radius 2 is 2.18 bits per heavy atom. The fraction of sp³-hybridized carbons (Fsp3) is 1.00. The van der Waals surface area contributed by atoms with Crippen molar-refractivity contribution in [3.8, 4) is 0 Å². The fourth-order valence-corrected chi connectivity index (χ4v) is 1.45. The number of ether oxygens (including phenoxy) is 1. The zero-order chi connectivity index (χ0) is 8.65. The van der Waals surface area contributed by atoms with Crippen molar-refractivity contribution in [2.75, 3.05) is 0 Å². The van der Waals surface area contributed by atoms with E-state index in [1.165, 1.54) is 6.92 Å². The Bertz CT molecular complexity index is 147. The molecule has 0 aliphatic carbocycles. The standard InChI is InChI=1S/C8H15FO2/c1-4-6-5(2)8(3,9)7(10)11-6/h5-7,10H,4H2,1-3H3/t5-,6-,7-,8-/m1/s1. The van der Waals surface area contributed by atoms with Crippen molar-refractivity contribution < 1.29 is 14.2 Å². The van der Waals surface area contributed by atoms with Crippen LogP contribution in [0.15, 0.2) is 0 Å². The van der Waals surface area contributed by atoms with E-state index in [0.717, 1.165) is 6.42 Å². The molecule has 1 aliphatic heterocycles. The van der Waals surface area contributed by atoms with Crippen molar-refractivity contribution in [3.05, 3.63) is 0 Å². The predicted molar refractivity (Wildman–Crippen MR) is 39.8 cm³/mol. The second-order valence-corrected chi connectivity index (χ2v) is 3.38. The Balaban J connectivity index is 2.71. The van der Waals surface area contributed by atoms with Crippen molar-refractivity contribution >= 4 is 0 Å². The molecule has 2 nitrogen and oxygen atoms in total. The summed E-state index contributed by atoms with van der Waals surface area (Å²) < 4.78 is 18.5. The van der Waals surface area contributed by atoms with Crippen LogP contribution in [-0.4, -0.2) is 23.2 Å². The van der Waals surface area contributed by atoms with Crippen molar-refractivity contribution in [3.63, 3.8) is 0 Å². The SMILES string of the molecule is CC[C@H]1O[C@@H](O)[C@](C)(F)[C@@H]1C. The van der Waals surface area contributed by atoms with Gasteiger partial charge in [0.15, 0.2) is 12.0 Å². The summed E-state index contributed by atoms with van der Waals surface area (Å²) in [5.74, 6) is -0.220. The van der Waals surface area contributed by atoms with Gasteiger partial charge in [-0.1, -0.05) is 13.8 Å². The predicted octanol–water partition coefficient (Wildman–Crippen LogP) is 1.48. The third kappa shape index (κ3) is 1.27. The second-order valence-electron chi connectivity index (χ2n) is 3.38. The second kappa shape index (κ2) is 2.72. The molecule has 0 radical (unpaired) electrons. The van der Waals surface area contributed by atoms with Gasteiger partial charge in [-0.25, -0.2) is 4.39 Å². The summed E-state index contributed by atoms with van der Waals surface area (Å²) in [4.78, 5) is 0. The topological polar surface area (TPSA) is 29.5 Å². The summed E-state index contributed by atoms with van der Waals surface area (Å²) in [6.45, 7) is 5.08. The quantitative estimate of drug-likeness (QED) is 0.632. The third-order valence-electron chi connectivity index (χ3n) is 2.64. The van der Waals surface area contributed by atoms with Crippen molar-refractivity contribution in [1.82, 2.24) is 0 Å². The van der Waals surface area contributed by atoms with Gasteiger partial charge in [-0.15, -0.1) is 0 Å². The molecule has 3 heteroatoms. The van der Waals surface area contributed by atoms with Gasteiger partial charge in [-0.2, -0.15) is 0 Å². The normalized spacial score (nSPS) is 51.5. The Hall–Kier alpha value is -0.150. The zero-order valence-corrected chi connectivity index (χ0v) is 7.17. The molecule has 4 atom stereocenters. The molecule has 1 fully saturated rings. The van der Waals surface area contributed by atoms with Crippen LogP contribution in [-0.2, 0) is 4.74 Å². The zero-order valence-electron chi connectivity index (χ0n) is 7.17. The Morgan fingerprint density at radius 3 is 2.36 bits per heavy atom. The highest BCUT2D eigenvalue weighted by molar-refractivity contribution is 4.93. The fourth-order valence-electron chi connectivity index (χ4n) is 1.45. The van der Waals surface area contributed by atoms with E-state index in [-0.39, 0.29) is 12.0 Å². The molecule has 66 valence electrons. The van der Waals surface area contributed by atoms with Crippen LogP contribution in [0.2, 0.25) is 0 Å². The maximum Gasteiger partial charge on any atom is 0.189 e. The highest BCUT2D eigenvalue weighted by atomic mass is 19.1. The number of hydrogen-bond acceptors (Lipinski definition) is 2. The molecule has 0 saturated carbocycles. The number of aliphatic hydroxyl groups is 1. The molecule has 0 unspecified atom stereocenters. The molecule has 1 heterocycles. The smallest absolute Gasteiger partial charge is 0.189 e. The van der Waals surface area contributed by atoms with Gasteiger partial charge in [0.05, 0.1) is 6.10 Å². The summed E-state index contributed by atoms with van der Waals surface area (Å²) >= 11 is 0. The van der Waals surface area contributed by atoms with Crippen LogP contribution in [0.25, 0.3) is 0 Å². The number of rotatable bonds is 1. The lowest BCUT2D eigenvalue weighted by atomic mass is 9.89. The van der Waals surface area contributed by atoms with Crippen LogP contribution in [0.3, 0.4) is 0 Å². The molecule has 1 N–H and O–H groups in total. The number of hydrogen-bond donors (Lipinski definition) is 1. The number of aliphatic hydroxyl groups excluding tert-OH is 1. The molecule has 0 amide bonds. The van der Waals surface area contributed by atoms with E-state index >= 15 is 0 Å². The average Bonchev–Trinajstić information content (AvgIpc) is 2.14. The Kier molecular flexibility index (Phi) is 2.21. The lowest BCUT2D eigenvalue weighted by Gasteiger charge is -2.20. The molecule has 0 aromatic rings.